The van der Waals surface area contributed by atoms with E-state index in [1.807, 2.05) is 0 Å². The van der Waals surface area contributed by atoms with Crippen molar-refractivity contribution in [2.24, 2.45) is 5.92 Å². The second-order valence-electron chi connectivity index (χ2n) is 5.06. The number of sulfonamides is 1. The van der Waals surface area contributed by atoms with Crippen LogP contribution in [0.2, 0.25) is 5.02 Å². The van der Waals surface area contributed by atoms with Gasteiger partial charge in [-0.05, 0) is 30.5 Å². The molecule has 1 aliphatic rings. The number of nitrogens with zero attached hydrogens (tertiary/aromatic N) is 1. The molecular weight excluding hydrogens is 338 g/mol. The molecule has 21 heavy (non-hydrogen) atoms. The molecule has 0 bridgehead atoms. The maximum absolute atomic E-state index is 12.6. The largest absolute Gasteiger partial charge is 0.396 e. The third-order valence-electron chi connectivity index (χ3n) is 3.46. The molecule has 1 heterocycles. The van der Waals surface area contributed by atoms with Crippen molar-refractivity contribution in [3.63, 3.8) is 0 Å². The average Bonchev–Trinajstić information content (AvgIpc) is 2.87. The van der Waals surface area contributed by atoms with Crippen molar-refractivity contribution < 1.29 is 21.9 Å². The molecule has 0 aromatic heterocycles. The Hall–Kier alpha value is -0.670. The van der Waals surface area contributed by atoms with Gasteiger partial charge < -0.3 is 5.11 Å². The lowest BCUT2D eigenvalue weighted by molar-refractivity contribution is 0.233. The van der Waals surface area contributed by atoms with E-state index in [4.69, 9.17) is 16.7 Å². The van der Waals surface area contributed by atoms with E-state index >= 15 is 0 Å². The molecule has 0 saturated carbocycles. The second-order valence-corrected chi connectivity index (χ2v) is 9.39. The normalized spacial score (nSPS) is 20.8. The molecule has 1 fully saturated rings. The van der Waals surface area contributed by atoms with Crippen LogP contribution >= 0.6 is 11.6 Å². The first-order valence-electron chi connectivity index (χ1n) is 6.27. The van der Waals surface area contributed by atoms with Crippen molar-refractivity contribution >= 4 is 31.5 Å². The van der Waals surface area contributed by atoms with E-state index in [9.17, 15) is 16.8 Å². The number of aliphatic hydroxyl groups is 1. The van der Waals surface area contributed by atoms with Crippen LogP contribution in [0.4, 0.5) is 0 Å². The van der Waals surface area contributed by atoms with Crippen LogP contribution in [-0.2, 0) is 19.9 Å². The molecule has 1 saturated heterocycles. The fourth-order valence-corrected chi connectivity index (χ4v) is 4.97. The summed E-state index contributed by atoms with van der Waals surface area (Å²) in [6.45, 7) is 0.411. The molecule has 0 radical (unpaired) electrons. The Labute approximate surface area is 129 Å². The molecule has 0 spiro atoms. The van der Waals surface area contributed by atoms with Crippen LogP contribution in [0, 0.1) is 5.92 Å². The fraction of sp³-hybridized carbons (Fsp3) is 0.500. The SMILES string of the molecule is CS(=O)(=O)c1ccc(Cl)c(S(=O)(=O)N2CCC(CO)C2)c1. The zero-order valence-electron chi connectivity index (χ0n) is 11.4. The highest BCUT2D eigenvalue weighted by Gasteiger charge is 2.34. The predicted molar refractivity (Wildman–Crippen MR) is 78.5 cm³/mol. The van der Waals surface area contributed by atoms with Crippen molar-refractivity contribution in [1.29, 1.82) is 0 Å². The Bertz CT molecular complexity index is 745. The number of hydrogen-bond acceptors (Lipinski definition) is 5. The predicted octanol–water partition coefficient (Wildman–Crippen LogP) is 0.746. The molecular formula is C12H16ClNO5S2. The van der Waals surface area contributed by atoms with Gasteiger partial charge in [0.15, 0.2) is 9.84 Å². The summed E-state index contributed by atoms with van der Waals surface area (Å²) in [7, 11) is -7.39. The molecule has 1 N–H and O–H groups in total. The van der Waals surface area contributed by atoms with E-state index in [1.165, 1.54) is 16.4 Å². The molecule has 1 aliphatic heterocycles. The van der Waals surface area contributed by atoms with E-state index in [1.54, 1.807) is 0 Å². The van der Waals surface area contributed by atoms with E-state index in [0.717, 1.165) is 12.3 Å². The van der Waals surface area contributed by atoms with E-state index in [0.29, 0.717) is 6.42 Å². The highest BCUT2D eigenvalue weighted by atomic mass is 35.5. The zero-order valence-corrected chi connectivity index (χ0v) is 13.7. The quantitative estimate of drug-likeness (QED) is 0.862. The minimum Gasteiger partial charge on any atom is -0.396 e. The number of sulfone groups is 1. The highest BCUT2D eigenvalue weighted by molar-refractivity contribution is 7.91. The standard InChI is InChI=1S/C12H16ClNO5S2/c1-20(16,17)10-2-3-11(13)12(6-10)21(18,19)14-5-4-9(7-14)8-15/h2-3,6,9,15H,4-5,7-8H2,1H3. The van der Waals surface area contributed by atoms with Crippen molar-refractivity contribution in [2.75, 3.05) is 26.0 Å². The summed E-state index contributed by atoms with van der Waals surface area (Å²) in [6, 6.07) is 3.63. The molecule has 9 heteroatoms. The molecule has 1 atom stereocenters. The Balaban J connectivity index is 2.45. The van der Waals surface area contributed by atoms with Crippen LogP contribution in [0.15, 0.2) is 28.0 Å². The van der Waals surface area contributed by atoms with Crippen LogP contribution < -0.4 is 0 Å². The summed E-state index contributed by atoms with van der Waals surface area (Å²) in [4.78, 5) is -0.311. The van der Waals surface area contributed by atoms with Crippen molar-refractivity contribution in [1.82, 2.24) is 4.31 Å². The fourth-order valence-electron chi connectivity index (χ4n) is 2.22. The van der Waals surface area contributed by atoms with Gasteiger partial charge >= 0.3 is 0 Å². The maximum Gasteiger partial charge on any atom is 0.244 e. The van der Waals surface area contributed by atoms with Gasteiger partial charge in [-0.25, -0.2) is 16.8 Å². The van der Waals surface area contributed by atoms with E-state index < -0.39 is 19.9 Å². The minimum atomic E-state index is -3.87. The summed E-state index contributed by atoms with van der Waals surface area (Å²) < 4.78 is 49.5. The topological polar surface area (TPSA) is 91.8 Å². The van der Waals surface area contributed by atoms with Crippen molar-refractivity contribution in [3.05, 3.63) is 23.2 Å². The van der Waals surface area contributed by atoms with Crippen molar-refractivity contribution in [2.45, 2.75) is 16.2 Å². The van der Waals surface area contributed by atoms with Gasteiger partial charge in [0.25, 0.3) is 0 Å². The third-order valence-corrected chi connectivity index (χ3v) is 6.91. The number of halogens is 1. The molecule has 0 aliphatic carbocycles. The van der Waals surface area contributed by atoms with Gasteiger partial charge in [-0.3, -0.25) is 0 Å². The van der Waals surface area contributed by atoms with Crippen LogP contribution in [0.3, 0.4) is 0 Å². The first-order valence-corrected chi connectivity index (χ1v) is 9.98. The lowest BCUT2D eigenvalue weighted by Crippen LogP contribution is -2.29. The number of aliphatic hydroxyl groups excluding tert-OH is 1. The Morgan fingerprint density at radius 2 is 2.00 bits per heavy atom. The molecule has 2 rings (SSSR count). The minimum absolute atomic E-state index is 0.0187. The smallest absolute Gasteiger partial charge is 0.244 e. The lowest BCUT2D eigenvalue weighted by Gasteiger charge is -2.17. The lowest BCUT2D eigenvalue weighted by atomic mass is 10.1. The maximum atomic E-state index is 12.6. The van der Waals surface area contributed by atoms with E-state index in [2.05, 4.69) is 0 Å². The second kappa shape index (κ2) is 5.85. The third kappa shape index (κ3) is 3.40. The van der Waals surface area contributed by atoms with Gasteiger partial charge in [0.1, 0.15) is 4.90 Å². The van der Waals surface area contributed by atoms with Crippen LogP contribution in [0.25, 0.3) is 0 Å². The van der Waals surface area contributed by atoms with Crippen molar-refractivity contribution in [3.8, 4) is 0 Å². The average molecular weight is 354 g/mol. The van der Waals surface area contributed by atoms with Gasteiger partial charge in [0.05, 0.1) is 9.92 Å². The van der Waals surface area contributed by atoms with Gasteiger partial charge in [-0.2, -0.15) is 4.31 Å². The molecule has 1 aromatic carbocycles. The van der Waals surface area contributed by atoms with Crippen LogP contribution in [0.1, 0.15) is 6.42 Å². The summed E-state index contributed by atoms with van der Waals surface area (Å²) in [5.74, 6) is -0.100. The Morgan fingerprint density at radius 3 is 2.52 bits per heavy atom. The summed E-state index contributed by atoms with van der Waals surface area (Å²) in [5.41, 5.74) is 0. The number of benzene rings is 1. The van der Waals surface area contributed by atoms with Gasteiger partial charge in [-0.15, -0.1) is 0 Å². The summed E-state index contributed by atoms with van der Waals surface area (Å²) in [5, 5.41) is 9.08. The molecule has 118 valence electrons. The summed E-state index contributed by atoms with van der Waals surface area (Å²) >= 11 is 5.93. The van der Waals surface area contributed by atoms with Crippen LogP contribution in [0.5, 0.6) is 0 Å². The van der Waals surface area contributed by atoms with Crippen LogP contribution in [-0.4, -0.2) is 52.2 Å². The Morgan fingerprint density at radius 1 is 1.33 bits per heavy atom. The molecule has 6 nitrogen and oxygen atoms in total. The zero-order chi connectivity index (χ0) is 15.8. The van der Waals surface area contributed by atoms with Gasteiger partial charge in [0, 0.05) is 26.0 Å². The Kier molecular flexibility index (Phi) is 4.65. The summed E-state index contributed by atoms with van der Waals surface area (Å²) in [6.07, 6.45) is 1.57. The number of rotatable bonds is 4. The highest BCUT2D eigenvalue weighted by Crippen LogP contribution is 2.30. The molecule has 1 unspecified atom stereocenters. The molecule has 0 amide bonds. The molecule has 1 aromatic rings. The first-order chi connectivity index (χ1) is 9.66. The van der Waals surface area contributed by atoms with Gasteiger partial charge in [-0.1, -0.05) is 11.6 Å². The number of hydrogen-bond donors (Lipinski definition) is 1. The monoisotopic (exact) mass is 353 g/mol. The van der Waals surface area contributed by atoms with E-state index in [-0.39, 0.29) is 40.4 Å². The van der Waals surface area contributed by atoms with Gasteiger partial charge in [0.2, 0.25) is 10.0 Å². The first kappa shape index (κ1) is 16.7.